The Kier molecular flexibility index (Phi) is 8.32. The molecule has 0 aliphatic carbocycles. The summed E-state index contributed by atoms with van der Waals surface area (Å²) in [5.41, 5.74) is 0. The van der Waals surface area contributed by atoms with E-state index < -0.39 is 0 Å². The molecule has 118 valence electrons. The Labute approximate surface area is 127 Å². The molecule has 1 rings (SSSR count). The normalized spacial score (nSPS) is 10.4. The zero-order valence-electron chi connectivity index (χ0n) is 13.1. The zero-order chi connectivity index (χ0) is 15.5. The molecule has 1 N–H and O–H groups in total. The van der Waals surface area contributed by atoms with Crippen LogP contribution in [0.2, 0.25) is 0 Å². The number of carbonyl (C=O) groups is 1. The fraction of sp³-hybridized carbons (Fsp3) is 0.588. The van der Waals surface area contributed by atoms with Crippen LogP contribution in [0.5, 0.6) is 17.2 Å². The number of aromatic hydroxyl groups is 1. The van der Waals surface area contributed by atoms with Gasteiger partial charge in [0.05, 0.1) is 6.61 Å². The molecule has 1 aromatic rings. The van der Waals surface area contributed by atoms with Crippen LogP contribution in [0.3, 0.4) is 0 Å². The maximum Gasteiger partial charge on any atom is 0.311 e. The monoisotopic (exact) mass is 294 g/mol. The molecule has 1 aromatic carbocycles. The van der Waals surface area contributed by atoms with Crippen LogP contribution in [-0.4, -0.2) is 17.7 Å². The molecule has 0 saturated heterocycles. The van der Waals surface area contributed by atoms with Crippen LogP contribution in [0, 0.1) is 0 Å². The average Bonchev–Trinajstić information content (AvgIpc) is 2.48. The maximum absolute atomic E-state index is 11.7. The van der Waals surface area contributed by atoms with E-state index in [1.807, 2.05) is 6.92 Å². The highest BCUT2D eigenvalue weighted by Gasteiger charge is 2.14. The van der Waals surface area contributed by atoms with Crippen LogP contribution in [0.4, 0.5) is 0 Å². The lowest BCUT2D eigenvalue weighted by Gasteiger charge is -2.12. The SMILES string of the molecule is CCCCCCOc1cccc(O)c1OC(=O)CCCC. The van der Waals surface area contributed by atoms with Gasteiger partial charge in [-0.25, -0.2) is 0 Å². The van der Waals surface area contributed by atoms with Crippen molar-refractivity contribution >= 4 is 5.97 Å². The molecule has 0 heterocycles. The second kappa shape index (κ2) is 10.1. The molecule has 0 bridgehead atoms. The predicted molar refractivity (Wildman–Crippen MR) is 82.9 cm³/mol. The van der Waals surface area contributed by atoms with Gasteiger partial charge in [0.25, 0.3) is 0 Å². The summed E-state index contributed by atoms with van der Waals surface area (Å²) in [4.78, 5) is 11.7. The molecule has 0 aliphatic rings. The summed E-state index contributed by atoms with van der Waals surface area (Å²) in [5, 5.41) is 9.85. The van der Waals surface area contributed by atoms with E-state index in [9.17, 15) is 9.90 Å². The lowest BCUT2D eigenvalue weighted by molar-refractivity contribution is -0.134. The largest absolute Gasteiger partial charge is 0.504 e. The van der Waals surface area contributed by atoms with Gasteiger partial charge in [-0.15, -0.1) is 0 Å². The number of unbranched alkanes of at least 4 members (excludes halogenated alkanes) is 4. The van der Waals surface area contributed by atoms with Crippen molar-refractivity contribution in [2.75, 3.05) is 6.61 Å². The number of para-hydroxylation sites is 1. The van der Waals surface area contributed by atoms with E-state index in [1.54, 1.807) is 12.1 Å². The van der Waals surface area contributed by atoms with Gasteiger partial charge in [-0.05, 0) is 25.0 Å². The van der Waals surface area contributed by atoms with Crippen molar-refractivity contribution < 1.29 is 19.4 Å². The fourth-order valence-electron chi connectivity index (χ4n) is 1.92. The summed E-state index contributed by atoms with van der Waals surface area (Å²) < 4.78 is 10.9. The molecular weight excluding hydrogens is 268 g/mol. The standard InChI is InChI=1S/C17H26O4/c1-3-5-7-8-13-20-15-11-9-10-14(18)17(15)21-16(19)12-6-4-2/h9-11,18H,3-8,12-13H2,1-2H3. The topological polar surface area (TPSA) is 55.8 Å². The number of rotatable bonds is 10. The molecule has 4 nitrogen and oxygen atoms in total. The highest BCUT2D eigenvalue weighted by Crippen LogP contribution is 2.36. The number of ether oxygens (including phenoxy) is 2. The molecule has 0 aliphatic heterocycles. The average molecular weight is 294 g/mol. The number of benzene rings is 1. The van der Waals surface area contributed by atoms with Gasteiger partial charge in [0.15, 0.2) is 11.5 Å². The van der Waals surface area contributed by atoms with Crippen LogP contribution >= 0.6 is 0 Å². The summed E-state index contributed by atoms with van der Waals surface area (Å²) >= 11 is 0. The molecule has 0 radical (unpaired) electrons. The van der Waals surface area contributed by atoms with Crippen LogP contribution in [0.1, 0.15) is 58.8 Å². The van der Waals surface area contributed by atoms with E-state index in [0.717, 1.165) is 25.7 Å². The van der Waals surface area contributed by atoms with Crippen LogP contribution < -0.4 is 9.47 Å². The number of carbonyl (C=O) groups excluding carboxylic acids is 1. The summed E-state index contributed by atoms with van der Waals surface area (Å²) in [6.07, 6.45) is 6.47. The molecule has 0 aromatic heterocycles. The first-order valence-corrected chi connectivity index (χ1v) is 7.84. The smallest absolute Gasteiger partial charge is 0.311 e. The highest BCUT2D eigenvalue weighted by atomic mass is 16.6. The second-order valence-corrected chi connectivity index (χ2v) is 5.09. The summed E-state index contributed by atoms with van der Waals surface area (Å²) in [7, 11) is 0. The molecular formula is C17H26O4. The molecule has 0 atom stereocenters. The van der Waals surface area contributed by atoms with E-state index in [2.05, 4.69) is 6.92 Å². The molecule has 4 heteroatoms. The Morgan fingerprint density at radius 3 is 2.57 bits per heavy atom. The fourth-order valence-corrected chi connectivity index (χ4v) is 1.92. The lowest BCUT2D eigenvalue weighted by Crippen LogP contribution is -2.09. The first kappa shape index (κ1) is 17.3. The molecule has 21 heavy (non-hydrogen) atoms. The Balaban J connectivity index is 2.58. The van der Waals surface area contributed by atoms with E-state index in [4.69, 9.17) is 9.47 Å². The Morgan fingerprint density at radius 1 is 1.10 bits per heavy atom. The van der Waals surface area contributed by atoms with Gasteiger partial charge in [-0.1, -0.05) is 45.6 Å². The highest BCUT2D eigenvalue weighted by molar-refractivity contribution is 5.74. The zero-order valence-corrected chi connectivity index (χ0v) is 13.1. The quantitative estimate of drug-likeness (QED) is 0.393. The predicted octanol–water partition coefficient (Wildman–Crippen LogP) is 4.45. The van der Waals surface area contributed by atoms with Crippen LogP contribution in [0.25, 0.3) is 0 Å². The number of esters is 1. The van der Waals surface area contributed by atoms with Crippen molar-refractivity contribution in [3.05, 3.63) is 18.2 Å². The van der Waals surface area contributed by atoms with Crippen molar-refractivity contribution in [2.24, 2.45) is 0 Å². The first-order chi connectivity index (χ1) is 10.2. The molecule has 0 fully saturated rings. The van der Waals surface area contributed by atoms with Crippen molar-refractivity contribution in [3.8, 4) is 17.2 Å². The van der Waals surface area contributed by atoms with Gasteiger partial charge in [0.1, 0.15) is 0 Å². The van der Waals surface area contributed by atoms with Gasteiger partial charge < -0.3 is 14.6 Å². The summed E-state index contributed by atoms with van der Waals surface area (Å²) in [5.74, 6) is 0.158. The van der Waals surface area contributed by atoms with Crippen molar-refractivity contribution in [1.29, 1.82) is 0 Å². The summed E-state index contributed by atoms with van der Waals surface area (Å²) in [6, 6.07) is 4.88. The second-order valence-electron chi connectivity index (χ2n) is 5.09. The van der Waals surface area contributed by atoms with Crippen LogP contribution in [0.15, 0.2) is 18.2 Å². The van der Waals surface area contributed by atoms with E-state index >= 15 is 0 Å². The van der Waals surface area contributed by atoms with E-state index in [-0.39, 0.29) is 17.5 Å². The molecule has 0 amide bonds. The first-order valence-electron chi connectivity index (χ1n) is 7.84. The number of phenolic OH excluding ortho intramolecular Hbond substituents is 1. The third kappa shape index (κ3) is 6.52. The molecule has 0 unspecified atom stereocenters. The van der Waals surface area contributed by atoms with Gasteiger partial charge in [0, 0.05) is 6.42 Å². The number of hydrogen-bond acceptors (Lipinski definition) is 4. The molecule has 0 spiro atoms. The number of phenols is 1. The van der Waals surface area contributed by atoms with Crippen molar-refractivity contribution in [2.45, 2.75) is 58.8 Å². The van der Waals surface area contributed by atoms with Crippen molar-refractivity contribution in [3.63, 3.8) is 0 Å². The summed E-state index contributed by atoms with van der Waals surface area (Å²) in [6.45, 7) is 4.73. The van der Waals surface area contributed by atoms with Gasteiger partial charge in [0.2, 0.25) is 5.75 Å². The van der Waals surface area contributed by atoms with E-state index in [0.29, 0.717) is 18.8 Å². The minimum Gasteiger partial charge on any atom is -0.504 e. The van der Waals surface area contributed by atoms with Gasteiger partial charge in [-0.2, -0.15) is 0 Å². The Bertz CT molecular complexity index is 429. The van der Waals surface area contributed by atoms with E-state index in [1.165, 1.54) is 18.9 Å². The number of hydrogen-bond donors (Lipinski definition) is 1. The van der Waals surface area contributed by atoms with Gasteiger partial charge in [-0.3, -0.25) is 4.79 Å². The lowest BCUT2D eigenvalue weighted by atomic mass is 10.2. The van der Waals surface area contributed by atoms with Crippen molar-refractivity contribution in [1.82, 2.24) is 0 Å². The Morgan fingerprint density at radius 2 is 1.86 bits per heavy atom. The van der Waals surface area contributed by atoms with Crippen LogP contribution in [-0.2, 0) is 4.79 Å². The minimum atomic E-state index is -0.339. The Hall–Kier alpha value is -1.71. The third-order valence-electron chi connectivity index (χ3n) is 3.16. The van der Waals surface area contributed by atoms with Gasteiger partial charge >= 0.3 is 5.97 Å². The maximum atomic E-state index is 11.7. The third-order valence-corrected chi connectivity index (χ3v) is 3.16. The molecule has 0 saturated carbocycles. The minimum absolute atomic E-state index is 0.0640.